The summed E-state index contributed by atoms with van der Waals surface area (Å²) in [4.78, 5) is 11.9. The molecule has 0 aliphatic heterocycles. The summed E-state index contributed by atoms with van der Waals surface area (Å²) in [6, 6.07) is 12.7. The summed E-state index contributed by atoms with van der Waals surface area (Å²) >= 11 is 2.14. The first-order chi connectivity index (χ1) is 9.60. The number of Topliss-reactive ketones (excluding diaryl/α,β-unsaturated/α-hetero) is 1. The fourth-order valence-electron chi connectivity index (χ4n) is 1.55. The van der Waals surface area contributed by atoms with Gasteiger partial charge in [0.1, 0.15) is 0 Å². The van der Waals surface area contributed by atoms with Crippen molar-refractivity contribution in [2.45, 2.75) is 0 Å². The molecule has 0 fully saturated rings. The quantitative estimate of drug-likeness (QED) is 0.601. The van der Waals surface area contributed by atoms with Crippen LogP contribution in [0.1, 0.15) is 15.9 Å². The predicted octanol–water partition coefficient (Wildman–Crippen LogP) is 3.56. The third-order valence-electron chi connectivity index (χ3n) is 2.59. The average Bonchev–Trinajstić information content (AvgIpc) is 2.46. The van der Waals surface area contributed by atoms with Crippen LogP contribution in [0.5, 0.6) is 5.75 Å². The van der Waals surface area contributed by atoms with E-state index in [0.717, 1.165) is 9.64 Å². The maximum Gasteiger partial charge on any atom is 0.200 e. The van der Waals surface area contributed by atoms with Crippen molar-refractivity contribution in [3.63, 3.8) is 0 Å². The molecule has 0 bridgehead atoms. The fourth-order valence-corrected chi connectivity index (χ4v) is 1.91. The molecule has 2 aromatic carbocycles. The van der Waals surface area contributed by atoms with Crippen LogP contribution in [0.25, 0.3) is 0 Å². The van der Waals surface area contributed by atoms with E-state index in [9.17, 15) is 9.18 Å². The van der Waals surface area contributed by atoms with E-state index in [0.29, 0.717) is 5.56 Å². The van der Waals surface area contributed by atoms with Crippen LogP contribution >= 0.6 is 22.6 Å². The van der Waals surface area contributed by atoms with Crippen LogP contribution < -0.4 is 4.74 Å². The molecule has 2 rings (SSSR count). The SMILES string of the molecule is N#Cc1ccc(OCC(=O)c2ccc(I)cc2)c(F)c1. The maximum atomic E-state index is 13.6. The standard InChI is InChI=1S/C15H9FINO2/c16-13-7-10(8-18)1-6-15(13)20-9-14(19)11-2-4-12(17)5-3-11/h1-7H,9H2. The highest BCUT2D eigenvalue weighted by atomic mass is 127. The monoisotopic (exact) mass is 381 g/mol. The number of carbonyl (C=O) groups is 1. The van der Waals surface area contributed by atoms with Gasteiger partial charge in [-0.15, -0.1) is 0 Å². The van der Waals surface area contributed by atoms with E-state index >= 15 is 0 Å². The lowest BCUT2D eigenvalue weighted by molar-refractivity contribution is 0.0919. The molecule has 0 saturated carbocycles. The lowest BCUT2D eigenvalue weighted by Gasteiger charge is -2.06. The number of ketones is 1. The third-order valence-corrected chi connectivity index (χ3v) is 3.31. The van der Waals surface area contributed by atoms with Gasteiger partial charge in [-0.3, -0.25) is 4.79 Å². The molecule has 0 N–H and O–H groups in total. The van der Waals surface area contributed by atoms with Crippen molar-refractivity contribution >= 4 is 28.4 Å². The van der Waals surface area contributed by atoms with Crippen LogP contribution in [0.3, 0.4) is 0 Å². The number of nitriles is 1. The van der Waals surface area contributed by atoms with Gasteiger partial charge in [0.05, 0.1) is 11.6 Å². The summed E-state index contributed by atoms with van der Waals surface area (Å²) < 4.78 is 19.7. The average molecular weight is 381 g/mol. The van der Waals surface area contributed by atoms with Crippen molar-refractivity contribution in [2.24, 2.45) is 0 Å². The van der Waals surface area contributed by atoms with Gasteiger partial charge in [-0.25, -0.2) is 4.39 Å². The minimum atomic E-state index is -0.653. The lowest BCUT2D eigenvalue weighted by Crippen LogP contribution is -2.12. The highest BCUT2D eigenvalue weighted by molar-refractivity contribution is 14.1. The molecule has 0 spiro atoms. The summed E-state index contributed by atoms with van der Waals surface area (Å²) in [7, 11) is 0. The van der Waals surface area contributed by atoms with Crippen LogP contribution in [0.2, 0.25) is 0 Å². The van der Waals surface area contributed by atoms with Crippen LogP contribution in [0, 0.1) is 20.7 Å². The molecule has 0 aliphatic carbocycles. The molecule has 100 valence electrons. The largest absolute Gasteiger partial charge is 0.482 e. The molecule has 0 atom stereocenters. The van der Waals surface area contributed by atoms with Crippen molar-refractivity contribution in [3.8, 4) is 11.8 Å². The van der Waals surface area contributed by atoms with E-state index in [1.165, 1.54) is 12.1 Å². The van der Waals surface area contributed by atoms with Crippen molar-refractivity contribution < 1.29 is 13.9 Å². The summed E-state index contributed by atoms with van der Waals surface area (Å²) in [5, 5.41) is 8.63. The smallest absolute Gasteiger partial charge is 0.200 e. The van der Waals surface area contributed by atoms with Gasteiger partial charge in [-0.1, -0.05) is 12.1 Å². The van der Waals surface area contributed by atoms with E-state index in [1.54, 1.807) is 12.1 Å². The van der Waals surface area contributed by atoms with E-state index in [-0.39, 0.29) is 23.7 Å². The second kappa shape index (κ2) is 6.48. The molecule has 0 saturated heterocycles. The van der Waals surface area contributed by atoms with Gasteiger partial charge in [0.25, 0.3) is 0 Å². The normalized spacial score (nSPS) is 9.85. The minimum Gasteiger partial charge on any atom is -0.482 e. The molecule has 0 amide bonds. The van der Waals surface area contributed by atoms with Crippen molar-refractivity contribution in [3.05, 3.63) is 63.0 Å². The van der Waals surface area contributed by atoms with Crippen LogP contribution in [-0.2, 0) is 0 Å². The van der Waals surface area contributed by atoms with E-state index in [4.69, 9.17) is 10.00 Å². The van der Waals surface area contributed by atoms with E-state index < -0.39 is 5.82 Å². The summed E-state index contributed by atoms with van der Waals surface area (Å²) in [5.41, 5.74) is 0.721. The molecule has 5 heteroatoms. The number of ether oxygens (including phenoxy) is 1. The molecule has 0 unspecified atom stereocenters. The molecule has 0 aliphatic rings. The highest BCUT2D eigenvalue weighted by Gasteiger charge is 2.09. The predicted molar refractivity (Wildman–Crippen MR) is 80.1 cm³/mol. The molecular formula is C15H9FINO2. The summed E-state index contributed by atoms with van der Waals surface area (Å²) in [5.74, 6) is -0.924. The Morgan fingerprint density at radius 1 is 1.25 bits per heavy atom. The number of halogens is 2. The third kappa shape index (κ3) is 3.54. The molecule has 0 radical (unpaired) electrons. The first-order valence-corrected chi connectivity index (χ1v) is 6.79. The first kappa shape index (κ1) is 14.5. The molecule has 2 aromatic rings. The second-order valence-corrected chi connectivity index (χ2v) is 5.22. The molecule has 0 aromatic heterocycles. The lowest BCUT2D eigenvalue weighted by atomic mass is 10.1. The van der Waals surface area contributed by atoms with Gasteiger partial charge in [-0.2, -0.15) is 5.26 Å². The Morgan fingerprint density at radius 3 is 2.55 bits per heavy atom. The minimum absolute atomic E-state index is 0.0390. The molecule has 3 nitrogen and oxygen atoms in total. The Labute approximate surface area is 129 Å². The van der Waals surface area contributed by atoms with Gasteiger partial charge < -0.3 is 4.74 Å². The zero-order chi connectivity index (χ0) is 14.5. The van der Waals surface area contributed by atoms with Gasteiger partial charge >= 0.3 is 0 Å². The summed E-state index contributed by atoms with van der Waals surface area (Å²) in [6.07, 6.45) is 0. The van der Waals surface area contributed by atoms with Gasteiger partial charge in [-0.05, 0) is 52.9 Å². The Balaban J connectivity index is 2.04. The molecule has 0 heterocycles. The first-order valence-electron chi connectivity index (χ1n) is 5.71. The number of hydrogen-bond donors (Lipinski definition) is 0. The topological polar surface area (TPSA) is 50.1 Å². The van der Waals surface area contributed by atoms with Crippen molar-refractivity contribution in [1.29, 1.82) is 5.26 Å². The van der Waals surface area contributed by atoms with Crippen molar-refractivity contribution in [2.75, 3.05) is 6.61 Å². The van der Waals surface area contributed by atoms with E-state index in [2.05, 4.69) is 22.6 Å². The Morgan fingerprint density at radius 2 is 1.95 bits per heavy atom. The Bertz CT molecular complexity index is 677. The van der Waals surface area contributed by atoms with Crippen LogP contribution in [0.4, 0.5) is 4.39 Å². The molecule has 20 heavy (non-hydrogen) atoms. The van der Waals surface area contributed by atoms with Crippen LogP contribution in [0.15, 0.2) is 42.5 Å². The second-order valence-electron chi connectivity index (χ2n) is 3.98. The number of rotatable bonds is 4. The number of nitrogens with zero attached hydrogens (tertiary/aromatic N) is 1. The molecular weight excluding hydrogens is 372 g/mol. The number of carbonyl (C=O) groups excluding carboxylic acids is 1. The highest BCUT2D eigenvalue weighted by Crippen LogP contribution is 2.18. The summed E-state index contributed by atoms with van der Waals surface area (Å²) in [6.45, 7) is -0.247. The number of hydrogen-bond acceptors (Lipinski definition) is 3. The maximum absolute atomic E-state index is 13.6. The zero-order valence-electron chi connectivity index (χ0n) is 10.3. The van der Waals surface area contributed by atoms with E-state index in [1.807, 2.05) is 18.2 Å². The van der Waals surface area contributed by atoms with Gasteiger partial charge in [0.15, 0.2) is 24.0 Å². The fraction of sp³-hybridized carbons (Fsp3) is 0.0667. The Hall–Kier alpha value is -1.94. The van der Waals surface area contributed by atoms with Gasteiger partial charge in [0.2, 0.25) is 0 Å². The number of benzene rings is 2. The zero-order valence-corrected chi connectivity index (χ0v) is 12.4. The van der Waals surface area contributed by atoms with Gasteiger partial charge in [0, 0.05) is 9.13 Å². The Kier molecular flexibility index (Phi) is 4.69. The van der Waals surface area contributed by atoms with Crippen LogP contribution in [-0.4, -0.2) is 12.4 Å². The van der Waals surface area contributed by atoms with Crippen molar-refractivity contribution in [1.82, 2.24) is 0 Å².